The molecule has 0 aromatic carbocycles. The molecular weight excluding hydrogens is 238 g/mol. The van der Waals surface area contributed by atoms with E-state index in [0.717, 1.165) is 38.9 Å². The van der Waals surface area contributed by atoms with Crippen molar-refractivity contribution >= 4 is 5.91 Å². The molecule has 112 valence electrons. The Morgan fingerprint density at radius 3 is 2.26 bits per heavy atom. The molecule has 1 rings (SSSR count). The summed E-state index contributed by atoms with van der Waals surface area (Å²) in [4.78, 5) is 16.2. The monoisotopic (exact) mass is 269 g/mol. The predicted molar refractivity (Wildman–Crippen MR) is 80.0 cm³/mol. The molecular formula is C15H31N3O. The van der Waals surface area contributed by atoms with E-state index < -0.39 is 0 Å². The van der Waals surface area contributed by atoms with Gasteiger partial charge in [0.2, 0.25) is 5.91 Å². The van der Waals surface area contributed by atoms with Crippen LogP contribution in [0.3, 0.4) is 0 Å². The number of nitrogens with zero attached hydrogens (tertiary/aromatic N) is 2. The number of carbonyl (C=O) groups is 1. The first kappa shape index (κ1) is 16.4. The van der Waals surface area contributed by atoms with E-state index in [1.165, 1.54) is 12.8 Å². The Labute approximate surface area is 118 Å². The zero-order valence-corrected chi connectivity index (χ0v) is 12.9. The molecule has 1 amide bonds. The van der Waals surface area contributed by atoms with Gasteiger partial charge in [0.15, 0.2) is 0 Å². The lowest BCUT2D eigenvalue weighted by molar-refractivity contribution is -0.131. The molecule has 1 saturated carbocycles. The van der Waals surface area contributed by atoms with Crippen LogP contribution >= 0.6 is 0 Å². The van der Waals surface area contributed by atoms with Crippen LogP contribution in [0.5, 0.6) is 0 Å². The largest absolute Gasteiger partial charge is 0.343 e. The summed E-state index contributed by atoms with van der Waals surface area (Å²) >= 11 is 0. The third-order valence-electron chi connectivity index (χ3n) is 4.38. The van der Waals surface area contributed by atoms with Gasteiger partial charge in [0.05, 0.1) is 0 Å². The van der Waals surface area contributed by atoms with Gasteiger partial charge in [-0.25, -0.2) is 0 Å². The van der Waals surface area contributed by atoms with Crippen molar-refractivity contribution in [1.29, 1.82) is 0 Å². The van der Waals surface area contributed by atoms with Crippen molar-refractivity contribution in [3.05, 3.63) is 0 Å². The van der Waals surface area contributed by atoms with E-state index >= 15 is 0 Å². The van der Waals surface area contributed by atoms with Crippen molar-refractivity contribution in [2.45, 2.75) is 64.5 Å². The molecule has 0 bridgehead atoms. The highest BCUT2D eigenvalue weighted by Gasteiger charge is 2.21. The smallest absolute Gasteiger partial charge is 0.222 e. The fourth-order valence-electron chi connectivity index (χ4n) is 2.94. The second-order valence-corrected chi connectivity index (χ2v) is 5.72. The number of rotatable bonds is 7. The van der Waals surface area contributed by atoms with Crippen molar-refractivity contribution in [3.63, 3.8) is 0 Å². The zero-order valence-electron chi connectivity index (χ0n) is 12.9. The van der Waals surface area contributed by atoms with Gasteiger partial charge in [-0.2, -0.15) is 0 Å². The van der Waals surface area contributed by atoms with E-state index in [1.54, 1.807) is 0 Å². The fraction of sp³-hybridized carbons (Fsp3) is 0.933. The lowest BCUT2D eigenvalue weighted by Gasteiger charge is -2.33. The van der Waals surface area contributed by atoms with Crippen LogP contribution < -0.4 is 5.73 Å². The van der Waals surface area contributed by atoms with Crippen LogP contribution in [-0.2, 0) is 4.79 Å². The third kappa shape index (κ3) is 5.49. The van der Waals surface area contributed by atoms with E-state index in [-0.39, 0.29) is 0 Å². The van der Waals surface area contributed by atoms with Crippen molar-refractivity contribution in [3.8, 4) is 0 Å². The van der Waals surface area contributed by atoms with Crippen LogP contribution in [0.1, 0.15) is 52.4 Å². The molecule has 1 fully saturated rings. The quantitative estimate of drug-likeness (QED) is 0.767. The molecule has 2 N–H and O–H groups in total. The lowest BCUT2D eigenvalue weighted by Crippen LogP contribution is -2.39. The molecule has 4 heteroatoms. The summed E-state index contributed by atoms with van der Waals surface area (Å²) in [6, 6.07) is 1.08. The molecule has 0 aromatic rings. The van der Waals surface area contributed by atoms with E-state index in [2.05, 4.69) is 11.9 Å². The summed E-state index contributed by atoms with van der Waals surface area (Å²) in [5.41, 5.74) is 5.93. The van der Waals surface area contributed by atoms with Gasteiger partial charge in [-0.05, 0) is 59.5 Å². The second kappa shape index (κ2) is 8.54. The maximum Gasteiger partial charge on any atom is 0.222 e. The molecule has 1 aliphatic carbocycles. The topological polar surface area (TPSA) is 49.6 Å². The Kier molecular flexibility index (Phi) is 7.39. The highest BCUT2D eigenvalue weighted by molar-refractivity contribution is 5.76. The number of hydrogen-bond acceptors (Lipinski definition) is 3. The van der Waals surface area contributed by atoms with Crippen LogP contribution in [-0.4, -0.2) is 54.5 Å². The first-order chi connectivity index (χ1) is 9.08. The molecule has 1 aliphatic rings. The summed E-state index contributed by atoms with van der Waals surface area (Å²) in [6.07, 6.45) is 6.36. The summed E-state index contributed by atoms with van der Waals surface area (Å²) in [5.74, 6) is 0.295. The van der Waals surface area contributed by atoms with Crippen LogP contribution in [0.25, 0.3) is 0 Å². The minimum absolute atomic E-state index is 0.295. The summed E-state index contributed by atoms with van der Waals surface area (Å²) in [5, 5.41) is 0. The van der Waals surface area contributed by atoms with Crippen LogP contribution in [0.2, 0.25) is 0 Å². The Bertz CT molecular complexity index is 258. The Morgan fingerprint density at radius 1 is 1.16 bits per heavy atom. The van der Waals surface area contributed by atoms with Gasteiger partial charge in [-0.1, -0.05) is 0 Å². The molecule has 0 unspecified atom stereocenters. The lowest BCUT2D eigenvalue weighted by atomic mass is 9.91. The molecule has 0 aromatic heterocycles. The van der Waals surface area contributed by atoms with Crippen molar-refractivity contribution in [1.82, 2.24) is 9.80 Å². The maximum atomic E-state index is 11.9. The summed E-state index contributed by atoms with van der Waals surface area (Å²) < 4.78 is 0. The van der Waals surface area contributed by atoms with Gasteiger partial charge >= 0.3 is 0 Å². The van der Waals surface area contributed by atoms with Crippen molar-refractivity contribution in [2.75, 3.05) is 26.7 Å². The first-order valence-corrected chi connectivity index (χ1v) is 7.82. The van der Waals surface area contributed by atoms with Gasteiger partial charge in [0.25, 0.3) is 0 Å². The van der Waals surface area contributed by atoms with Crippen molar-refractivity contribution < 1.29 is 4.79 Å². The number of amides is 1. The highest BCUT2D eigenvalue weighted by Crippen LogP contribution is 2.21. The first-order valence-electron chi connectivity index (χ1n) is 7.82. The second-order valence-electron chi connectivity index (χ2n) is 5.72. The predicted octanol–water partition coefficient (Wildman–Crippen LogP) is 1.84. The molecule has 4 nitrogen and oxygen atoms in total. The molecule has 0 radical (unpaired) electrons. The van der Waals surface area contributed by atoms with Gasteiger partial charge in [0, 0.05) is 31.6 Å². The molecule has 0 heterocycles. The fourth-order valence-corrected chi connectivity index (χ4v) is 2.94. The van der Waals surface area contributed by atoms with E-state index in [0.29, 0.717) is 24.4 Å². The standard InChI is InChI=1S/C15H31N3O/c1-4-18(5-2)15(19)7-6-12-17(3)14-10-8-13(16)9-11-14/h13-14H,4-12,16H2,1-3H3. The zero-order chi connectivity index (χ0) is 14.3. The molecule has 0 spiro atoms. The van der Waals surface area contributed by atoms with Crippen LogP contribution in [0.15, 0.2) is 0 Å². The molecule has 0 saturated heterocycles. The van der Waals surface area contributed by atoms with Crippen LogP contribution in [0.4, 0.5) is 0 Å². The normalized spacial score (nSPS) is 23.6. The van der Waals surface area contributed by atoms with Gasteiger partial charge in [0.1, 0.15) is 0 Å². The minimum atomic E-state index is 0.295. The van der Waals surface area contributed by atoms with E-state index in [9.17, 15) is 4.79 Å². The molecule has 0 atom stereocenters. The number of carbonyl (C=O) groups excluding carboxylic acids is 1. The van der Waals surface area contributed by atoms with Gasteiger partial charge in [-0.15, -0.1) is 0 Å². The van der Waals surface area contributed by atoms with Crippen LogP contribution in [0, 0.1) is 0 Å². The van der Waals surface area contributed by atoms with Gasteiger partial charge < -0.3 is 15.5 Å². The molecule has 0 aliphatic heterocycles. The number of nitrogens with two attached hydrogens (primary N) is 1. The number of hydrogen-bond donors (Lipinski definition) is 1. The Morgan fingerprint density at radius 2 is 1.74 bits per heavy atom. The molecule has 19 heavy (non-hydrogen) atoms. The SMILES string of the molecule is CCN(CC)C(=O)CCCN(C)C1CCC(N)CC1. The van der Waals surface area contributed by atoms with E-state index in [4.69, 9.17) is 5.73 Å². The minimum Gasteiger partial charge on any atom is -0.343 e. The van der Waals surface area contributed by atoms with Crippen molar-refractivity contribution in [2.24, 2.45) is 5.73 Å². The highest BCUT2D eigenvalue weighted by atomic mass is 16.2. The van der Waals surface area contributed by atoms with Gasteiger partial charge in [-0.3, -0.25) is 4.79 Å². The average Bonchev–Trinajstić information content (AvgIpc) is 2.40. The third-order valence-corrected chi connectivity index (χ3v) is 4.38. The average molecular weight is 269 g/mol. The summed E-state index contributed by atoms with van der Waals surface area (Å²) in [7, 11) is 2.18. The summed E-state index contributed by atoms with van der Waals surface area (Å²) in [6.45, 7) is 6.75. The Balaban J connectivity index is 2.19. The maximum absolute atomic E-state index is 11.9. The Hall–Kier alpha value is -0.610. The van der Waals surface area contributed by atoms with E-state index in [1.807, 2.05) is 18.7 Å².